The van der Waals surface area contributed by atoms with Gasteiger partial charge < -0.3 is 9.64 Å². The van der Waals surface area contributed by atoms with Crippen molar-refractivity contribution < 1.29 is 9.53 Å². The molecule has 6 nitrogen and oxygen atoms in total. The first-order valence-electron chi connectivity index (χ1n) is 7.99. The number of amides is 2. The fourth-order valence-electron chi connectivity index (χ4n) is 3.05. The van der Waals surface area contributed by atoms with E-state index in [2.05, 4.69) is 15.2 Å². The summed E-state index contributed by atoms with van der Waals surface area (Å²) in [7, 11) is 0. The topological polar surface area (TPSA) is 57.7 Å². The second kappa shape index (κ2) is 7.07. The molecule has 2 aliphatic rings. The maximum Gasteiger partial charge on any atom is 0.323 e. The third kappa shape index (κ3) is 3.96. The molecule has 1 atom stereocenters. The SMILES string of the molecule is Cc1ccc(NC(=O)N2CC[C@H](CN3CCOCC3)C2)nc1. The lowest BCUT2D eigenvalue weighted by atomic mass is 10.1. The van der Waals surface area contributed by atoms with Crippen LogP contribution in [0.3, 0.4) is 0 Å². The lowest BCUT2D eigenvalue weighted by Crippen LogP contribution is -2.40. The molecule has 3 heterocycles. The van der Waals surface area contributed by atoms with E-state index in [9.17, 15) is 4.79 Å². The number of carbonyl (C=O) groups excluding carboxylic acids is 1. The van der Waals surface area contributed by atoms with Crippen LogP contribution < -0.4 is 5.32 Å². The molecule has 2 aliphatic heterocycles. The first kappa shape index (κ1) is 15.2. The summed E-state index contributed by atoms with van der Waals surface area (Å²) in [6.07, 6.45) is 2.84. The monoisotopic (exact) mass is 304 g/mol. The Morgan fingerprint density at radius 1 is 1.36 bits per heavy atom. The highest BCUT2D eigenvalue weighted by atomic mass is 16.5. The predicted octanol–water partition coefficient (Wildman–Crippen LogP) is 1.58. The van der Waals surface area contributed by atoms with Crippen LogP contribution in [0.5, 0.6) is 0 Å². The quantitative estimate of drug-likeness (QED) is 0.921. The number of rotatable bonds is 3. The molecular weight excluding hydrogens is 280 g/mol. The van der Waals surface area contributed by atoms with E-state index in [1.54, 1.807) is 6.20 Å². The maximum atomic E-state index is 12.3. The Hall–Kier alpha value is -1.66. The van der Waals surface area contributed by atoms with Gasteiger partial charge in [-0.2, -0.15) is 0 Å². The summed E-state index contributed by atoms with van der Waals surface area (Å²) in [5, 5.41) is 2.88. The average Bonchev–Trinajstić information content (AvgIpc) is 2.99. The zero-order chi connectivity index (χ0) is 15.4. The number of ether oxygens (including phenoxy) is 1. The highest BCUT2D eigenvalue weighted by Crippen LogP contribution is 2.19. The van der Waals surface area contributed by atoms with E-state index in [-0.39, 0.29) is 6.03 Å². The van der Waals surface area contributed by atoms with E-state index < -0.39 is 0 Å². The van der Waals surface area contributed by atoms with E-state index in [1.165, 1.54) is 0 Å². The molecule has 6 heteroatoms. The number of carbonyl (C=O) groups is 1. The minimum atomic E-state index is -0.0409. The Kier molecular flexibility index (Phi) is 4.90. The van der Waals surface area contributed by atoms with E-state index >= 15 is 0 Å². The van der Waals surface area contributed by atoms with Crippen LogP contribution in [0.2, 0.25) is 0 Å². The fourth-order valence-corrected chi connectivity index (χ4v) is 3.05. The largest absolute Gasteiger partial charge is 0.379 e. The third-order valence-corrected chi connectivity index (χ3v) is 4.34. The molecule has 1 aromatic rings. The van der Waals surface area contributed by atoms with Crippen molar-refractivity contribution >= 4 is 11.8 Å². The predicted molar refractivity (Wildman–Crippen MR) is 84.9 cm³/mol. The standard InChI is InChI=1S/C16H24N4O2/c1-13-2-3-15(17-10-13)18-16(21)20-5-4-14(12-20)11-19-6-8-22-9-7-19/h2-3,10,14H,4-9,11-12H2,1H3,(H,17,18,21)/t14-/m1/s1. The van der Waals surface area contributed by atoms with Crippen molar-refractivity contribution in [3.8, 4) is 0 Å². The summed E-state index contributed by atoms with van der Waals surface area (Å²) in [6, 6.07) is 3.75. The van der Waals surface area contributed by atoms with Gasteiger partial charge in [-0.1, -0.05) is 6.07 Å². The molecule has 1 aromatic heterocycles. The first-order chi connectivity index (χ1) is 10.7. The number of aryl methyl sites for hydroxylation is 1. The second-order valence-electron chi connectivity index (χ2n) is 6.16. The van der Waals surface area contributed by atoms with Gasteiger partial charge in [-0.3, -0.25) is 10.2 Å². The summed E-state index contributed by atoms with van der Waals surface area (Å²) in [4.78, 5) is 20.8. The van der Waals surface area contributed by atoms with Crippen molar-refractivity contribution in [2.45, 2.75) is 13.3 Å². The fraction of sp³-hybridized carbons (Fsp3) is 0.625. The summed E-state index contributed by atoms with van der Waals surface area (Å²) < 4.78 is 5.38. The molecule has 22 heavy (non-hydrogen) atoms. The van der Waals surface area contributed by atoms with Crippen molar-refractivity contribution in [2.75, 3.05) is 51.3 Å². The van der Waals surface area contributed by atoms with Crippen LogP contribution in [0.15, 0.2) is 18.3 Å². The second-order valence-corrected chi connectivity index (χ2v) is 6.16. The average molecular weight is 304 g/mol. The number of pyridine rings is 1. The normalized spacial score (nSPS) is 22.8. The number of hydrogen-bond donors (Lipinski definition) is 1. The molecule has 0 aromatic carbocycles. The summed E-state index contributed by atoms with van der Waals surface area (Å²) in [6.45, 7) is 8.38. The van der Waals surface area contributed by atoms with Gasteiger partial charge in [0.25, 0.3) is 0 Å². The molecule has 0 spiro atoms. The van der Waals surface area contributed by atoms with Crippen LogP contribution in [0.4, 0.5) is 10.6 Å². The number of urea groups is 1. The van der Waals surface area contributed by atoms with Gasteiger partial charge in [0.05, 0.1) is 13.2 Å². The van der Waals surface area contributed by atoms with Gasteiger partial charge in [0, 0.05) is 38.9 Å². The number of nitrogens with one attached hydrogen (secondary N) is 1. The van der Waals surface area contributed by atoms with E-state index in [1.807, 2.05) is 24.0 Å². The van der Waals surface area contributed by atoms with Crippen molar-refractivity contribution in [3.05, 3.63) is 23.9 Å². The molecule has 120 valence electrons. The Morgan fingerprint density at radius 2 is 2.18 bits per heavy atom. The lowest BCUT2D eigenvalue weighted by molar-refractivity contribution is 0.0314. The van der Waals surface area contributed by atoms with Crippen molar-refractivity contribution in [3.63, 3.8) is 0 Å². The molecule has 2 saturated heterocycles. The number of anilines is 1. The van der Waals surface area contributed by atoms with Gasteiger partial charge in [0.1, 0.15) is 5.82 Å². The van der Waals surface area contributed by atoms with Gasteiger partial charge >= 0.3 is 6.03 Å². The first-order valence-corrected chi connectivity index (χ1v) is 7.99. The van der Waals surface area contributed by atoms with Crippen LogP contribution >= 0.6 is 0 Å². The molecule has 1 N–H and O–H groups in total. The zero-order valence-electron chi connectivity index (χ0n) is 13.1. The van der Waals surface area contributed by atoms with E-state index in [4.69, 9.17) is 4.74 Å². The molecule has 0 aliphatic carbocycles. The smallest absolute Gasteiger partial charge is 0.323 e. The zero-order valence-corrected chi connectivity index (χ0v) is 13.1. The Bertz CT molecular complexity index is 499. The van der Waals surface area contributed by atoms with Crippen LogP contribution in [-0.2, 0) is 4.74 Å². The Labute approximate surface area is 131 Å². The molecule has 0 unspecified atom stereocenters. The molecule has 2 amide bonds. The van der Waals surface area contributed by atoms with Crippen molar-refractivity contribution in [1.82, 2.24) is 14.8 Å². The van der Waals surface area contributed by atoms with Gasteiger partial charge in [-0.25, -0.2) is 9.78 Å². The van der Waals surface area contributed by atoms with Crippen LogP contribution in [0.25, 0.3) is 0 Å². The highest BCUT2D eigenvalue weighted by molar-refractivity contribution is 5.88. The minimum absolute atomic E-state index is 0.0409. The van der Waals surface area contributed by atoms with Crippen molar-refractivity contribution in [2.24, 2.45) is 5.92 Å². The van der Waals surface area contributed by atoms with Gasteiger partial charge in [-0.05, 0) is 30.9 Å². The maximum absolute atomic E-state index is 12.3. The summed E-state index contributed by atoms with van der Waals surface area (Å²) >= 11 is 0. The third-order valence-electron chi connectivity index (χ3n) is 4.34. The molecule has 2 fully saturated rings. The highest BCUT2D eigenvalue weighted by Gasteiger charge is 2.28. The molecule has 0 bridgehead atoms. The van der Waals surface area contributed by atoms with Gasteiger partial charge in [-0.15, -0.1) is 0 Å². The van der Waals surface area contributed by atoms with Crippen LogP contribution in [0, 0.1) is 12.8 Å². The molecular formula is C16H24N4O2. The van der Waals surface area contributed by atoms with Gasteiger partial charge in [0.2, 0.25) is 0 Å². The number of morpholine rings is 1. The summed E-state index contributed by atoms with van der Waals surface area (Å²) in [5.74, 6) is 1.18. The number of hydrogen-bond acceptors (Lipinski definition) is 4. The number of aromatic nitrogens is 1. The minimum Gasteiger partial charge on any atom is -0.379 e. The van der Waals surface area contributed by atoms with Crippen molar-refractivity contribution in [1.29, 1.82) is 0 Å². The Morgan fingerprint density at radius 3 is 2.91 bits per heavy atom. The number of likely N-dealkylation sites (tertiary alicyclic amines) is 1. The molecule has 3 rings (SSSR count). The molecule has 0 radical (unpaired) electrons. The van der Waals surface area contributed by atoms with Crippen LogP contribution in [0.1, 0.15) is 12.0 Å². The van der Waals surface area contributed by atoms with Gasteiger partial charge in [0.15, 0.2) is 0 Å². The molecule has 0 saturated carbocycles. The van der Waals surface area contributed by atoms with E-state index in [0.717, 1.165) is 57.9 Å². The number of nitrogens with zero attached hydrogens (tertiary/aromatic N) is 3. The van der Waals surface area contributed by atoms with Crippen LogP contribution in [-0.4, -0.2) is 66.8 Å². The lowest BCUT2D eigenvalue weighted by Gasteiger charge is -2.29. The van der Waals surface area contributed by atoms with E-state index in [0.29, 0.717) is 11.7 Å². The Balaban J connectivity index is 1.47. The summed E-state index contributed by atoms with van der Waals surface area (Å²) in [5.41, 5.74) is 1.09.